The van der Waals surface area contributed by atoms with Crippen LogP contribution in [-0.2, 0) is 39.7 Å². The normalized spacial score (nSPS) is 11.5. The molecule has 0 aromatic heterocycles. The number of esters is 1. The van der Waals surface area contributed by atoms with Crippen LogP contribution in [0.25, 0.3) is 0 Å². The minimum Gasteiger partial charge on any atom is -0.870 e. The van der Waals surface area contributed by atoms with Crippen molar-refractivity contribution in [1.82, 2.24) is 4.90 Å². The van der Waals surface area contributed by atoms with Gasteiger partial charge in [0.25, 0.3) is 5.24 Å². The van der Waals surface area contributed by atoms with Crippen molar-refractivity contribution in [2.45, 2.75) is 94.7 Å². The summed E-state index contributed by atoms with van der Waals surface area (Å²) in [5.74, 6) is -1.98. The Hall–Kier alpha value is -2.18. The summed E-state index contributed by atoms with van der Waals surface area (Å²) in [5.41, 5.74) is 6.00. The fourth-order valence-corrected chi connectivity index (χ4v) is 4.05. The van der Waals surface area contributed by atoms with Gasteiger partial charge in [0.05, 0.1) is 12.2 Å². The summed E-state index contributed by atoms with van der Waals surface area (Å²) in [5, 5.41) is 3.72. The third-order valence-electron chi connectivity index (χ3n) is 7.69. The number of ether oxygens (including phenoxy) is 1. The first-order valence-electron chi connectivity index (χ1n) is 18.5. The third-order valence-corrected chi connectivity index (χ3v) is 9.81. The van der Waals surface area contributed by atoms with Gasteiger partial charge in [0.15, 0.2) is 5.78 Å². The van der Waals surface area contributed by atoms with E-state index in [1.807, 2.05) is 31.2 Å². The number of alkyl halides is 5. The van der Waals surface area contributed by atoms with E-state index in [0.29, 0.717) is 19.4 Å². The van der Waals surface area contributed by atoms with Crippen molar-refractivity contribution < 1.29 is 81.7 Å². The van der Waals surface area contributed by atoms with Crippen LogP contribution in [0.3, 0.4) is 0 Å². The molecule has 59 heavy (non-hydrogen) atoms. The van der Waals surface area contributed by atoms with Crippen LogP contribution in [0.4, 0.5) is 24.5 Å². The first kappa shape index (κ1) is 65.9. The van der Waals surface area contributed by atoms with Gasteiger partial charge in [0.1, 0.15) is 17.6 Å². The Morgan fingerprint density at radius 3 is 1.53 bits per heavy atom. The number of hydrogen-bond donors (Lipinski definition) is 2. The van der Waals surface area contributed by atoms with Crippen LogP contribution in [-0.4, -0.2) is 81.7 Å². The van der Waals surface area contributed by atoms with E-state index in [1.165, 1.54) is 37.3 Å². The van der Waals surface area contributed by atoms with E-state index in [4.69, 9.17) is 5.73 Å². The van der Waals surface area contributed by atoms with E-state index < -0.39 is 40.1 Å². The van der Waals surface area contributed by atoms with Crippen LogP contribution in [0, 0.1) is 24.2 Å². The van der Waals surface area contributed by atoms with E-state index in [1.54, 1.807) is 34.6 Å². The number of ketones is 3. The average molecular weight is 1000 g/mol. The van der Waals surface area contributed by atoms with Crippen molar-refractivity contribution in [3.05, 3.63) is 59.7 Å². The summed E-state index contributed by atoms with van der Waals surface area (Å²) in [6.07, 6.45) is -3.51. The molecule has 0 atom stereocenters. The van der Waals surface area contributed by atoms with Crippen molar-refractivity contribution in [2.75, 3.05) is 48.0 Å². The predicted octanol–water partition coefficient (Wildman–Crippen LogP) is 6.68. The number of hydrogen-bond acceptors (Lipinski definition) is 10. The Balaban J connectivity index is -0.000000218. The molecule has 0 radical (unpaired) electrons. The van der Waals surface area contributed by atoms with Gasteiger partial charge in [-0.1, -0.05) is 98.0 Å². The molecule has 0 heterocycles. The summed E-state index contributed by atoms with van der Waals surface area (Å²) >= 11 is 11.0. The maximum atomic E-state index is 12.4. The number of amides is 1. The number of carbonyl (C=O) groups excluding carboxylic acids is 6. The minimum atomic E-state index is -4.41. The number of Topliss-reactive ketones (excluding diaryl/α,β-unsaturated/α-hetero) is 3. The smallest absolute Gasteiger partial charge is 0.870 e. The van der Waals surface area contributed by atoms with Crippen LogP contribution >= 0.6 is 43.5 Å². The van der Waals surface area contributed by atoms with E-state index in [0.717, 1.165) is 35.4 Å². The number of benzene rings is 2. The van der Waals surface area contributed by atoms with Crippen molar-refractivity contribution in [3.8, 4) is 0 Å². The van der Waals surface area contributed by atoms with Gasteiger partial charge in [-0.05, 0) is 94.3 Å². The molecule has 0 spiro atoms. The average Bonchev–Trinajstić information content (AvgIpc) is 3.97. The van der Waals surface area contributed by atoms with Gasteiger partial charge in [0, 0.05) is 40.8 Å². The van der Waals surface area contributed by atoms with Gasteiger partial charge < -0.3 is 26.2 Å². The summed E-state index contributed by atoms with van der Waals surface area (Å²) < 4.78 is 41.9. The molecule has 3 rings (SSSR count). The second-order valence-electron chi connectivity index (χ2n) is 13.0. The topological polar surface area (TPSA) is 183 Å². The van der Waals surface area contributed by atoms with Crippen LogP contribution in [0.1, 0.15) is 92.7 Å². The van der Waals surface area contributed by atoms with Gasteiger partial charge in [0.2, 0.25) is 11.7 Å². The SMILES string of the molecule is BrCCBr.CC(=O)C(=O)Cl.CC(C)C(=O)C1(C(=O)Nc2ccc(C(F)(F)F)cc2)CC1.CCN(CC)CC.CCOC(=O)CC(=O)C(C)C.Cc1ccc(N)cc1.[Na+].[OH-]. The predicted molar refractivity (Wildman–Crippen MR) is 233 cm³/mol. The second-order valence-corrected chi connectivity index (χ2v) is 14.9. The number of nitrogens with zero attached hydrogens (tertiary/aromatic N) is 1. The summed E-state index contributed by atoms with van der Waals surface area (Å²) in [7, 11) is 0. The largest absolute Gasteiger partial charge is 1.00 e. The van der Waals surface area contributed by atoms with Crippen molar-refractivity contribution >= 4 is 89.3 Å². The Morgan fingerprint density at radius 2 is 1.27 bits per heavy atom. The van der Waals surface area contributed by atoms with E-state index >= 15 is 0 Å². The molecule has 2 aromatic carbocycles. The molecule has 1 fully saturated rings. The van der Waals surface area contributed by atoms with Crippen LogP contribution in [0.5, 0.6) is 0 Å². The zero-order chi connectivity index (χ0) is 44.9. The van der Waals surface area contributed by atoms with Gasteiger partial charge >= 0.3 is 41.7 Å². The number of aryl methyl sites for hydroxylation is 1. The molecule has 0 unspecified atom stereocenters. The van der Waals surface area contributed by atoms with Gasteiger partial charge in [-0.15, -0.1) is 0 Å². The minimum absolute atomic E-state index is 0. The Labute approximate surface area is 392 Å². The number of rotatable bonds is 13. The summed E-state index contributed by atoms with van der Waals surface area (Å²) in [6, 6.07) is 12.0. The number of nitrogens with one attached hydrogen (secondary N) is 1. The number of carbonyl (C=O) groups is 6. The second kappa shape index (κ2) is 36.5. The Bertz CT molecular complexity index is 1450. The number of nitrogens with two attached hydrogens (primary N) is 1. The number of halogens is 6. The fraction of sp³-hybridized carbons (Fsp3) is 0.561. The molecule has 1 aliphatic rings. The van der Waals surface area contributed by atoms with Crippen LogP contribution in [0.15, 0.2) is 48.5 Å². The third kappa shape index (κ3) is 32.2. The summed E-state index contributed by atoms with van der Waals surface area (Å²) in [4.78, 5) is 67.4. The van der Waals surface area contributed by atoms with E-state index in [2.05, 4.69) is 79.2 Å². The molecule has 1 aliphatic carbocycles. The molecule has 0 saturated heterocycles. The molecule has 4 N–H and O–H groups in total. The molecule has 18 heteroatoms. The van der Waals surface area contributed by atoms with Crippen molar-refractivity contribution in [1.29, 1.82) is 0 Å². The molecule has 332 valence electrons. The Morgan fingerprint density at radius 1 is 0.847 bits per heavy atom. The fourth-order valence-electron chi connectivity index (χ4n) is 4.05. The number of nitrogen functional groups attached to an aromatic ring is 1. The monoisotopic (exact) mass is 997 g/mol. The first-order chi connectivity index (χ1) is 26.4. The van der Waals surface area contributed by atoms with Crippen molar-refractivity contribution in [2.24, 2.45) is 17.3 Å². The molecule has 2 aromatic rings. The molecular formula is C41H62Br2ClF3N3NaO8. The summed E-state index contributed by atoms with van der Waals surface area (Å²) in [6.45, 7) is 22.3. The van der Waals surface area contributed by atoms with E-state index in [9.17, 15) is 41.9 Å². The number of anilines is 2. The first-order valence-corrected chi connectivity index (χ1v) is 21.1. The quantitative estimate of drug-likeness (QED) is 0.0418. The van der Waals surface area contributed by atoms with Crippen LogP contribution < -0.4 is 40.6 Å². The van der Waals surface area contributed by atoms with E-state index in [-0.39, 0.29) is 70.5 Å². The van der Waals surface area contributed by atoms with Gasteiger partial charge in [-0.3, -0.25) is 28.8 Å². The van der Waals surface area contributed by atoms with Crippen molar-refractivity contribution in [3.63, 3.8) is 0 Å². The Kier molecular flexibility index (Phi) is 40.8. The molecule has 1 saturated carbocycles. The molecule has 11 nitrogen and oxygen atoms in total. The molecule has 0 aliphatic heterocycles. The van der Waals surface area contributed by atoms with Crippen LogP contribution in [0.2, 0.25) is 0 Å². The van der Waals surface area contributed by atoms with Gasteiger partial charge in [-0.2, -0.15) is 13.2 Å². The maximum absolute atomic E-state index is 12.4. The zero-order valence-corrected chi connectivity index (χ0v) is 42.2. The van der Waals surface area contributed by atoms with Gasteiger partial charge in [-0.25, -0.2) is 0 Å². The maximum Gasteiger partial charge on any atom is 1.00 e. The zero-order valence-electron chi connectivity index (χ0n) is 36.2. The standard InChI is InChI=1S/C15H16F3NO2.C8H14O3.C7H9N.C6H15N.C3H3ClO2.C2H4Br2.Na.H2O/c1-9(2)12(20)14(7-8-14)13(21)19-11-5-3-10(4-6-11)15(16,17)18;1-4-11-8(10)5-7(9)6(2)3;1-6-2-4-7(8)5-3-6;1-4-7(5-2)6-3;1-2(5)3(4)6;3-1-2-4;;/h3-6,9H,7-8H2,1-2H3,(H,19,21);6H,4-5H2,1-3H3;2-5H,8H2,1H3;4-6H2,1-3H3;1H3;1-2H2;;1H2/q;;;;;;+1;/p-1. The molecule has 1 amide bonds. The molecular weight excluding hydrogens is 938 g/mol. The molecule has 0 bridgehead atoms.